The highest BCUT2D eigenvalue weighted by Gasteiger charge is 2.22. The summed E-state index contributed by atoms with van der Waals surface area (Å²) in [6, 6.07) is 11.0. The van der Waals surface area contributed by atoms with Gasteiger partial charge in [0.2, 0.25) is 0 Å². The number of hydrogen-bond acceptors (Lipinski definition) is 2. The van der Waals surface area contributed by atoms with Gasteiger partial charge >= 0.3 is 0 Å². The van der Waals surface area contributed by atoms with E-state index >= 15 is 0 Å². The number of rotatable bonds is 8. The molecule has 2 heteroatoms. The van der Waals surface area contributed by atoms with Crippen molar-refractivity contribution in [1.82, 2.24) is 0 Å². The Balaban J connectivity index is 1.58. The van der Waals surface area contributed by atoms with E-state index in [2.05, 4.69) is 60.8 Å². The number of thioether (sulfide) groups is 2. The smallest absolute Gasteiger partial charge is 0.0751 e. The highest BCUT2D eigenvalue weighted by molar-refractivity contribution is 8.16. The van der Waals surface area contributed by atoms with E-state index in [4.69, 9.17) is 0 Å². The fraction of sp³-hybridized carbons (Fsp3) is 0.667. The summed E-state index contributed by atoms with van der Waals surface area (Å²) in [5.41, 5.74) is 1.50. The van der Waals surface area contributed by atoms with Crippen molar-refractivity contribution in [3.63, 3.8) is 0 Å². The Hall–Kier alpha value is -0.0800. The van der Waals surface area contributed by atoms with E-state index in [0.717, 1.165) is 5.92 Å². The normalized spacial score (nSPS) is 22.9. The SMILES string of the molecule is CCCCCCCCC1CSC(c2ccccc2)SC1. The van der Waals surface area contributed by atoms with Gasteiger partial charge in [0.1, 0.15) is 0 Å². The summed E-state index contributed by atoms with van der Waals surface area (Å²) in [4.78, 5) is 0. The molecule has 0 N–H and O–H groups in total. The second-order valence-corrected chi connectivity index (χ2v) is 8.41. The molecule has 0 aliphatic carbocycles. The molecule has 0 radical (unpaired) electrons. The van der Waals surface area contributed by atoms with Crippen molar-refractivity contribution in [3.05, 3.63) is 35.9 Å². The molecule has 1 heterocycles. The molecule has 20 heavy (non-hydrogen) atoms. The first-order valence-electron chi connectivity index (χ1n) is 8.18. The third-order valence-corrected chi connectivity index (χ3v) is 7.30. The molecule has 0 aromatic heterocycles. The first-order valence-corrected chi connectivity index (χ1v) is 10.3. The maximum Gasteiger partial charge on any atom is 0.0751 e. The van der Waals surface area contributed by atoms with Gasteiger partial charge in [0.15, 0.2) is 0 Å². The Kier molecular flexibility index (Phi) is 7.97. The van der Waals surface area contributed by atoms with Crippen LogP contribution in [0.5, 0.6) is 0 Å². The third-order valence-electron chi connectivity index (χ3n) is 4.00. The molecule has 1 saturated heterocycles. The Morgan fingerprint density at radius 3 is 2.25 bits per heavy atom. The second-order valence-electron chi connectivity index (χ2n) is 5.83. The monoisotopic (exact) mass is 308 g/mol. The van der Waals surface area contributed by atoms with Crippen LogP contribution >= 0.6 is 23.5 Å². The molecule has 1 aromatic carbocycles. The molecule has 1 aliphatic heterocycles. The van der Waals surface area contributed by atoms with E-state index in [1.807, 2.05) is 0 Å². The predicted octanol–water partition coefficient (Wildman–Crippen LogP) is 6.53. The molecule has 1 aliphatic rings. The van der Waals surface area contributed by atoms with Gasteiger partial charge < -0.3 is 0 Å². The van der Waals surface area contributed by atoms with Gasteiger partial charge in [0.05, 0.1) is 4.58 Å². The van der Waals surface area contributed by atoms with Crippen LogP contribution in [-0.2, 0) is 0 Å². The fourth-order valence-electron chi connectivity index (χ4n) is 2.73. The molecule has 0 saturated carbocycles. The summed E-state index contributed by atoms with van der Waals surface area (Å²) < 4.78 is 0.678. The Morgan fingerprint density at radius 1 is 0.900 bits per heavy atom. The molecule has 112 valence electrons. The minimum absolute atomic E-state index is 0.678. The van der Waals surface area contributed by atoms with Crippen LogP contribution in [-0.4, -0.2) is 11.5 Å². The molecular weight excluding hydrogens is 280 g/mol. The highest BCUT2D eigenvalue weighted by atomic mass is 32.2. The number of hydrogen-bond donors (Lipinski definition) is 0. The fourth-order valence-corrected chi connectivity index (χ4v) is 5.89. The number of unbranched alkanes of at least 4 members (excludes halogenated alkanes) is 5. The molecule has 2 rings (SSSR count). The van der Waals surface area contributed by atoms with E-state index in [-0.39, 0.29) is 0 Å². The molecule has 0 amide bonds. The average Bonchev–Trinajstić information content (AvgIpc) is 2.52. The van der Waals surface area contributed by atoms with E-state index < -0.39 is 0 Å². The molecule has 1 aromatic rings. The van der Waals surface area contributed by atoms with Gasteiger partial charge in [-0.1, -0.05) is 75.8 Å². The summed E-state index contributed by atoms with van der Waals surface area (Å²) in [7, 11) is 0. The maximum absolute atomic E-state index is 2.29. The maximum atomic E-state index is 2.29. The highest BCUT2D eigenvalue weighted by Crippen LogP contribution is 2.46. The molecule has 0 atom stereocenters. The van der Waals surface area contributed by atoms with Crippen LogP contribution in [0, 0.1) is 5.92 Å². The van der Waals surface area contributed by atoms with E-state index in [0.29, 0.717) is 4.58 Å². The molecule has 0 bridgehead atoms. The molecule has 0 nitrogen and oxygen atoms in total. The van der Waals surface area contributed by atoms with Crippen molar-refractivity contribution >= 4 is 23.5 Å². The van der Waals surface area contributed by atoms with E-state index in [1.54, 1.807) is 0 Å². The zero-order chi connectivity index (χ0) is 14.0. The van der Waals surface area contributed by atoms with Crippen LogP contribution in [0.25, 0.3) is 0 Å². The first-order chi connectivity index (χ1) is 9.90. The van der Waals surface area contributed by atoms with Gasteiger partial charge in [-0.05, 0) is 29.4 Å². The topological polar surface area (TPSA) is 0 Å². The lowest BCUT2D eigenvalue weighted by Gasteiger charge is -2.28. The lowest BCUT2D eigenvalue weighted by molar-refractivity contribution is 0.522. The largest absolute Gasteiger partial charge is 0.142 e. The van der Waals surface area contributed by atoms with Crippen LogP contribution in [0.1, 0.15) is 62.0 Å². The van der Waals surface area contributed by atoms with Gasteiger partial charge in [-0.25, -0.2) is 0 Å². The average molecular weight is 309 g/mol. The van der Waals surface area contributed by atoms with Crippen LogP contribution in [0.3, 0.4) is 0 Å². The van der Waals surface area contributed by atoms with Crippen LogP contribution in [0.15, 0.2) is 30.3 Å². The summed E-state index contributed by atoms with van der Waals surface area (Å²) >= 11 is 4.32. The summed E-state index contributed by atoms with van der Waals surface area (Å²) in [5.74, 6) is 3.68. The van der Waals surface area contributed by atoms with Crippen molar-refractivity contribution in [2.45, 2.75) is 56.5 Å². The third kappa shape index (κ3) is 5.73. The second kappa shape index (κ2) is 9.78. The van der Waals surface area contributed by atoms with Crippen molar-refractivity contribution in [2.75, 3.05) is 11.5 Å². The Morgan fingerprint density at radius 2 is 1.55 bits per heavy atom. The van der Waals surface area contributed by atoms with Crippen molar-refractivity contribution < 1.29 is 0 Å². The van der Waals surface area contributed by atoms with Crippen molar-refractivity contribution in [1.29, 1.82) is 0 Å². The molecule has 0 unspecified atom stereocenters. The van der Waals surface area contributed by atoms with Gasteiger partial charge in [-0.3, -0.25) is 0 Å². The zero-order valence-electron chi connectivity index (χ0n) is 12.7. The van der Waals surface area contributed by atoms with Gasteiger partial charge in [0.25, 0.3) is 0 Å². The van der Waals surface area contributed by atoms with E-state index in [1.165, 1.54) is 62.0 Å². The van der Waals surface area contributed by atoms with Crippen LogP contribution < -0.4 is 0 Å². The zero-order valence-corrected chi connectivity index (χ0v) is 14.4. The molecule has 0 spiro atoms. The lowest BCUT2D eigenvalue weighted by Crippen LogP contribution is -2.14. The quantitative estimate of drug-likeness (QED) is 0.501. The molecular formula is C18H28S2. The first kappa shape index (κ1) is 16.3. The van der Waals surface area contributed by atoms with Crippen molar-refractivity contribution in [2.24, 2.45) is 5.92 Å². The standard InChI is InChI=1S/C18H28S2/c1-2-3-4-5-6-8-11-16-14-19-18(20-15-16)17-12-9-7-10-13-17/h7,9-10,12-13,16,18H,2-6,8,11,14-15H2,1H3. The van der Waals surface area contributed by atoms with Gasteiger partial charge in [-0.15, -0.1) is 23.5 Å². The number of benzene rings is 1. The summed E-state index contributed by atoms with van der Waals surface area (Å²) in [6.45, 7) is 2.29. The Labute approximate surface area is 133 Å². The minimum Gasteiger partial charge on any atom is -0.142 e. The predicted molar refractivity (Wildman–Crippen MR) is 95.6 cm³/mol. The van der Waals surface area contributed by atoms with Crippen LogP contribution in [0.2, 0.25) is 0 Å². The minimum atomic E-state index is 0.678. The molecule has 1 fully saturated rings. The van der Waals surface area contributed by atoms with Crippen molar-refractivity contribution in [3.8, 4) is 0 Å². The van der Waals surface area contributed by atoms with Crippen LogP contribution in [0.4, 0.5) is 0 Å². The Bertz CT molecular complexity index is 342. The lowest BCUT2D eigenvalue weighted by atomic mass is 10.0. The summed E-state index contributed by atoms with van der Waals surface area (Å²) in [6.07, 6.45) is 10.0. The van der Waals surface area contributed by atoms with E-state index in [9.17, 15) is 0 Å². The van der Waals surface area contributed by atoms with Gasteiger partial charge in [0, 0.05) is 0 Å². The summed E-state index contributed by atoms with van der Waals surface area (Å²) in [5, 5.41) is 0. The van der Waals surface area contributed by atoms with Gasteiger partial charge in [-0.2, -0.15) is 0 Å².